The third kappa shape index (κ3) is 3.55. The number of furan rings is 1. The highest BCUT2D eigenvalue weighted by Gasteiger charge is 2.08. The van der Waals surface area contributed by atoms with Gasteiger partial charge in [-0.25, -0.2) is 9.67 Å². The molecule has 6 heteroatoms. The number of aryl methyl sites for hydroxylation is 1. The summed E-state index contributed by atoms with van der Waals surface area (Å²) < 4.78 is 7.21. The molecule has 4 rings (SSSR count). The predicted octanol–water partition coefficient (Wildman–Crippen LogP) is 5.29. The Kier molecular flexibility index (Phi) is 4.45. The van der Waals surface area contributed by atoms with Gasteiger partial charge in [-0.3, -0.25) is 0 Å². The largest absolute Gasteiger partial charge is 0.463 e. The van der Waals surface area contributed by atoms with E-state index in [2.05, 4.69) is 41.0 Å². The highest BCUT2D eigenvalue weighted by molar-refractivity contribution is 7.14. The van der Waals surface area contributed by atoms with Crippen LogP contribution < -0.4 is 4.80 Å². The van der Waals surface area contributed by atoms with E-state index in [9.17, 15) is 0 Å². The summed E-state index contributed by atoms with van der Waals surface area (Å²) in [5.74, 6) is 0.706. The van der Waals surface area contributed by atoms with Gasteiger partial charge in [0.05, 0.1) is 28.7 Å². The number of hydrogen-bond acceptors (Lipinski definition) is 5. The predicted molar refractivity (Wildman–Crippen MR) is 104 cm³/mol. The van der Waals surface area contributed by atoms with Crippen molar-refractivity contribution in [2.45, 2.75) is 6.92 Å². The van der Waals surface area contributed by atoms with E-state index in [1.807, 2.05) is 35.0 Å². The second-order valence-corrected chi connectivity index (χ2v) is 7.18. The van der Waals surface area contributed by atoms with Crippen molar-refractivity contribution in [1.82, 2.24) is 4.68 Å². The fourth-order valence-corrected chi connectivity index (χ4v) is 3.94. The Bertz CT molecular complexity index is 1040. The number of benzene rings is 1. The van der Waals surface area contributed by atoms with Crippen LogP contribution in [0.3, 0.4) is 0 Å². The van der Waals surface area contributed by atoms with E-state index in [0.717, 1.165) is 21.1 Å². The van der Waals surface area contributed by atoms with Crippen molar-refractivity contribution in [3.05, 3.63) is 81.7 Å². The summed E-state index contributed by atoms with van der Waals surface area (Å²) in [6, 6.07) is 16.0. The van der Waals surface area contributed by atoms with Crippen molar-refractivity contribution in [1.29, 1.82) is 0 Å². The monoisotopic (exact) mass is 365 g/mol. The molecule has 3 heterocycles. The number of nitrogens with zero attached hydrogens (tertiary/aromatic N) is 3. The Balaban J connectivity index is 1.82. The van der Waals surface area contributed by atoms with Crippen LogP contribution in [0.25, 0.3) is 10.6 Å². The summed E-state index contributed by atoms with van der Waals surface area (Å²) in [5.41, 5.74) is 3.15. The molecule has 4 aromatic rings. The molecule has 4 nitrogen and oxygen atoms in total. The number of thiophene rings is 1. The van der Waals surface area contributed by atoms with E-state index in [4.69, 9.17) is 9.41 Å². The average Bonchev–Trinajstić information content (AvgIpc) is 3.37. The standard InChI is InChI=1S/C19H15N3OS2/c1-14-6-8-15(9-7-14)21-19-22(20-12-16-4-2-10-23-16)17(13-25-19)18-5-3-11-24-18/h2-13H,1H3. The van der Waals surface area contributed by atoms with Crippen LogP contribution in [0.5, 0.6) is 0 Å². The molecule has 3 aromatic heterocycles. The summed E-state index contributed by atoms with van der Waals surface area (Å²) in [4.78, 5) is 6.72. The van der Waals surface area contributed by atoms with Crippen LogP contribution in [-0.2, 0) is 0 Å². The van der Waals surface area contributed by atoms with Crippen molar-refractivity contribution in [2.24, 2.45) is 10.1 Å². The minimum Gasteiger partial charge on any atom is -0.463 e. The first-order valence-corrected chi connectivity index (χ1v) is 9.49. The van der Waals surface area contributed by atoms with Crippen molar-refractivity contribution in [3.63, 3.8) is 0 Å². The third-order valence-corrected chi connectivity index (χ3v) is 5.27. The fourth-order valence-electron chi connectivity index (χ4n) is 2.29. The zero-order valence-electron chi connectivity index (χ0n) is 13.5. The number of aromatic nitrogens is 1. The lowest BCUT2D eigenvalue weighted by Crippen LogP contribution is -2.11. The molecular weight excluding hydrogens is 350 g/mol. The third-order valence-electron chi connectivity index (χ3n) is 3.56. The van der Waals surface area contributed by atoms with E-state index in [-0.39, 0.29) is 0 Å². The minimum absolute atomic E-state index is 0.706. The van der Waals surface area contributed by atoms with E-state index >= 15 is 0 Å². The van der Waals surface area contributed by atoms with Gasteiger partial charge in [0.15, 0.2) is 0 Å². The smallest absolute Gasteiger partial charge is 0.211 e. The molecule has 0 aliphatic rings. The Morgan fingerprint density at radius 1 is 1.04 bits per heavy atom. The lowest BCUT2D eigenvalue weighted by Gasteiger charge is -2.00. The first kappa shape index (κ1) is 15.8. The molecule has 0 aliphatic carbocycles. The molecule has 0 atom stereocenters. The molecule has 0 bridgehead atoms. The quantitative estimate of drug-likeness (QED) is 0.453. The summed E-state index contributed by atoms with van der Waals surface area (Å²) in [7, 11) is 0. The second-order valence-electron chi connectivity index (χ2n) is 5.40. The molecule has 0 fully saturated rings. The van der Waals surface area contributed by atoms with Crippen LogP contribution in [0.15, 0.2) is 80.1 Å². The maximum absolute atomic E-state index is 5.35. The van der Waals surface area contributed by atoms with Gasteiger partial charge < -0.3 is 4.42 Å². The Morgan fingerprint density at radius 3 is 2.64 bits per heavy atom. The first-order valence-electron chi connectivity index (χ1n) is 7.73. The first-order chi connectivity index (χ1) is 12.3. The Labute approximate surface area is 153 Å². The summed E-state index contributed by atoms with van der Waals surface area (Å²) >= 11 is 3.25. The molecule has 0 radical (unpaired) electrons. The van der Waals surface area contributed by atoms with Crippen LogP contribution in [0.4, 0.5) is 5.69 Å². The van der Waals surface area contributed by atoms with E-state index in [0.29, 0.717) is 5.76 Å². The maximum Gasteiger partial charge on any atom is 0.211 e. The fraction of sp³-hybridized carbons (Fsp3) is 0.0526. The topological polar surface area (TPSA) is 42.8 Å². The number of hydrogen-bond donors (Lipinski definition) is 0. The molecule has 1 aromatic carbocycles. The van der Waals surface area contributed by atoms with Crippen molar-refractivity contribution in [2.75, 3.05) is 0 Å². The van der Waals surface area contributed by atoms with E-state index in [1.54, 1.807) is 35.2 Å². The molecule has 0 saturated carbocycles. The van der Waals surface area contributed by atoms with Gasteiger partial charge in [0.2, 0.25) is 4.80 Å². The minimum atomic E-state index is 0.706. The van der Waals surface area contributed by atoms with Gasteiger partial charge in [0, 0.05) is 5.38 Å². The Morgan fingerprint density at radius 2 is 1.92 bits per heavy atom. The van der Waals surface area contributed by atoms with Crippen LogP contribution in [0.2, 0.25) is 0 Å². The van der Waals surface area contributed by atoms with Crippen LogP contribution in [0, 0.1) is 6.92 Å². The van der Waals surface area contributed by atoms with Gasteiger partial charge >= 0.3 is 0 Å². The average molecular weight is 365 g/mol. The van der Waals surface area contributed by atoms with Crippen molar-refractivity contribution in [3.8, 4) is 10.6 Å². The van der Waals surface area contributed by atoms with Gasteiger partial charge in [-0.05, 0) is 42.6 Å². The SMILES string of the molecule is Cc1ccc(N=c2scc(-c3cccs3)n2N=Cc2ccco2)cc1. The highest BCUT2D eigenvalue weighted by atomic mass is 32.1. The molecule has 0 amide bonds. The van der Waals surface area contributed by atoms with Gasteiger partial charge in [-0.2, -0.15) is 5.10 Å². The molecule has 0 unspecified atom stereocenters. The zero-order valence-corrected chi connectivity index (χ0v) is 15.1. The Hall–Kier alpha value is -2.70. The molecule has 0 spiro atoms. The van der Waals surface area contributed by atoms with Crippen molar-refractivity contribution < 1.29 is 4.42 Å². The van der Waals surface area contributed by atoms with Crippen LogP contribution in [-0.4, -0.2) is 10.9 Å². The van der Waals surface area contributed by atoms with Gasteiger partial charge in [-0.15, -0.1) is 22.7 Å². The normalized spacial score (nSPS) is 12.3. The summed E-state index contributed by atoms with van der Waals surface area (Å²) in [6.45, 7) is 2.07. The molecule has 0 aliphatic heterocycles. The summed E-state index contributed by atoms with van der Waals surface area (Å²) in [5, 5.41) is 8.74. The van der Waals surface area contributed by atoms with Crippen molar-refractivity contribution >= 4 is 34.6 Å². The van der Waals surface area contributed by atoms with Crippen LogP contribution in [0.1, 0.15) is 11.3 Å². The summed E-state index contributed by atoms with van der Waals surface area (Å²) in [6.07, 6.45) is 3.34. The van der Waals surface area contributed by atoms with E-state index < -0.39 is 0 Å². The number of rotatable bonds is 4. The highest BCUT2D eigenvalue weighted by Crippen LogP contribution is 2.25. The molecule has 124 valence electrons. The van der Waals surface area contributed by atoms with Gasteiger partial charge in [-0.1, -0.05) is 23.8 Å². The lowest BCUT2D eigenvalue weighted by molar-refractivity contribution is 0.559. The number of thiazole rings is 1. The zero-order chi connectivity index (χ0) is 17.1. The maximum atomic E-state index is 5.35. The molecule has 0 N–H and O–H groups in total. The van der Waals surface area contributed by atoms with E-state index in [1.165, 1.54) is 5.56 Å². The van der Waals surface area contributed by atoms with Crippen LogP contribution >= 0.6 is 22.7 Å². The molecule has 25 heavy (non-hydrogen) atoms. The molecular formula is C19H15N3OS2. The second kappa shape index (κ2) is 7.04. The lowest BCUT2D eigenvalue weighted by atomic mass is 10.2. The molecule has 0 saturated heterocycles. The van der Waals surface area contributed by atoms with Gasteiger partial charge in [0.1, 0.15) is 5.76 Å². The van der Waals surface area contributed by atoms with Gasteiger partial charge in [0.25, 0.3) is 0 Å².